The summed E-state index contributed by atoms with van der Waals surface area (Å²) in [5.74, 6) is 0. The SMILES string of the molecule is Cc1ccc(CNS(=O)(=O)c2ccc(C(C)N)cc2)cc1. The van der Waals surface area contributed by atoms with E-state index in [0.717, 1.165) is 16.7 Å². The molecule has 3 N–H and O–H groups in total. The number of nitrogens with two attached hydrogens (primary N) is 1. The summed E-state index contributed by atoms with van der Waals surface area (Å²) in [5, 5.41) is 0. The van der Waals surface area contributed by atoms with E-state index in [1.54, 1.807) is 24.3 Å². The van der Waals surface area contributed by atoms with Crippen molar-refractivity contribution >= 4 is 10.0 Å². The number of hydrogen-bond acceptors (Lipinski definition) is 3. The summed E-state index contributed by atoms with van der Waals surface area (Å²) in [7, 11) is -3.50. The quantitative estimate of drug-likeness (QED) is 0.891. The lowest BCUT2D eigenvalue weighted by Gasteiger charge is -2.09. The van der Waals surface area contributed by atoms with Crippen molar-refractivity contribution in [2.24, 2.45) is 5.73 Å². The van der Waals surface area contributed by atoms with E-state index in [2.05, 4.69) is 4.72 Å². The highest BCUT2D eigenvalue weighted by Gasteiger charge is 2.13. The van der Waals surface area contributed by atoms with Crippen molar-refractivity contribution in [3.63, 3.8) is 0 Å². The van der Waals surface area contributed by atoms with Gasteiger partial charge in [-0.3, -0.25) is 0 Å². The average Bonchev–Trinajstić information content (AvgIpc) is 2.47. The van der Waals surface area contributed by atoms with Crippen molar-refractivity contribution in [2.45, 2.75) is 31.3 Å². The molecule has 112 valence electrons. The van der Waals surface area contributed by atoms with Crippen LogP contribution in [0.25, 0.3) is 0 Å². The van der Waals surface area contributed by atoms with Gasteiger partial charge in [0.1, 0.15) is 0 Å². The van der Waals surface area contributed by atoms with Gasteiger partial charge in [0.25, 0.3) is 0 Å². The van der Waals surface area contributed by atoms with Crippen LogP contribution in [0.4, 0.5) is 0 Å². The van der Waals surface area contributed by atoms with Crippen LogP contribution in [0.2, 0.25) is 0 Å². The normalized spacial score (nSPS) is 13.1. The van der Waals surface area contributed by atoms with Gasteiger partial charge in [-0.2, -0.15) is 0 Å². The summed E-state index contributed by atoms with van der Waals surface area (Å²) in [5.41, 5.74) is 8.74. The molecule has 2 aromatic carbocycles. The minimum absolute atomic E-state index is 0.109. The van der Waals surface area contributed by atoms with Gasteiger partial charge in [0.15, 0.2) is 0 Å². The second kappa shape index (κ2) is 6.39. The molecule has 0 aliphatic heterocycles. The van der Waals surface area contributed by atoms with Gasteiger partial charge in [0.2, 0.25) is 10.0 Å². The van der Waals surface area contributed by atoms with Crippen molar-refractivity contribution in [1.82, 2.24) is 4.72 Å². The molecule has 2 aromatic rings. The Morgan fingerprint density at radius 3 is 2.14 bits per heavy atom. The predicted octanol–water partition coefficient (Wildman–Crippen LogP) is 2.49. The van der Waals surface area contributed by atoms with Gasteiger partial charge < -0.3 is 5.73 Å². The molecule has 4 nitrogen and oxygen atoms in total. The summed E-state index contributed by atoms with van der Waals surface area (Å²) in [6.45, 7) is 4.13. The fourth-order valence-electron chi connectivity index (χ4n) is 1.92. The van der Waals surface area contributed by atoms with Crippen molar-refractivity contribution in [3.8, 4) is 0 Å². The van der Waals surface area contributed by atoms with Gasteiger partial charge >= 0.3 is 0 Å². The molecule has 0 saturated carbocycles. The summed E-state index contributed by atoms with van der Waals surface area (Å²) < 4.78 is 27.0. The molecule has 0 bridgehead atoms. The van der Waals surface area contributed by atoms with Crippen LogP contribution in [0, 0.1) is 6.92 Å². The Labute approximate surface area is 126 Å². The van der Waals surface area contributed by atoms with Crippen molar-refractivity contribution in [3.05, 3.63) is 65.2 Å². The highest BCUT2D eigenvalue weighted by Crippen LogP contribution is 2.15. The molecule has 0 heterocycles. The van der Waals surface area contributed by atoms with Crippen LogP contribution < -0.4 is 10.5 Å². The van der Waals surface area contributed by atoms with E-state index in [4.69, 9.17) is 5.73 Å². The molecule has 0 saturated heterocycles. The molecule has 0 spiro atoms. The maximum absolute atomic E-state index is 12.2. The second-order valence-corrected chi connectivity index (χ2v) is 6.93. The molecule has 0 amide bonds. The van der Waals surface area contributed by atoms with Crippen LogP contribution in [0.1, 0.15) is 29.7 Å². The molecule has 0 aromatic heterocycles. The summed E-state index contributed by atoms with van der Waals surface area (Å²) in [6.07, 6.45) is 0. The minimum Gasteiger partial charge on any atom is -0.324 e. The first-order valence-electron chi connectivity index (χ1n) is 6.79. The number of nitrogens with one attached hydrogen (secondary N) is 1. The van der Waals surface area contributed by atoms with Crippen LogP contribution in [0.5, 0.6) is 0 Å². The molecule has 0 aliphatic carbocycles. The van der Waals surface area contributed by atoms with E-state index in [9.17, 15) is 8.42 Å². The first kappa shape index (κ1) is 15.7. The highest BCUT2D eigenvalue weighted by molar-refractivity contribution is 7.89. The smallest absolute Gasteiger partial charge is 0.240 e. The van der Waals surface area contributed by atoms with E-state index in [-0.39, 0.29) is 17.5 Å². The Balaban J connectivity index is 2.09. The van der Waals surface area contributed by atoms with Gasteiger partial charge in [0, 0.05) is 12.6 Å². The third-order valence-electron chi connectivity index (χ3n) is 3.30. The molecule has 5 heteroatoms. The lowest BCUT2D eigenvalue weighted by Crippen LogP contribution is -2.23. The van der Waals surface area contributed by atoms with Crippen LogP contribution in [-0.2, 0) is 16.6 Å². The number of hydrogen-bond donors (Lipinski definition) is 2. The van der Waals surface area contributed by atoms with E-state index >= 15 is 0 Å². The van der Waals surface area contributed by atoms with Gasteiger partial charge in [-0.1, -0.05) is 42.0 Å². The fraction of sp³-hybridized carbons (Fsp3) is 0.250. The van der Waals surface area contributed by atoms with Gasteiger partial charge in [-0.05, 0) is 37.1 Å². The number of sulfonamides is 1. The molecule has 2 rings (SSSR count). The van der Waals surface area contributed by atoms with Crippen LogP contribution in [0.15, 0.2) is 53.4 Å². The highest BCUT2D eigenvalue weighted by atomic mass is 32.2. The van der Waals surface area contributed by atoms with Crippen LogP contribution in [-0.4, -0.2) is 8.42 Å². The second-order valence-electron chi connectivity index (χ2n) is 5.17. The van der Waals surface area contributed by atoms with Crippen LogP contribution in [0.3, 0.4) is 0 Å². The predicted molar refractivity (Wildman–Crippen MR) is 84.2 cm³/mol. The zero-order valence-corrected chi connectivity index (χ0v) is 13.0. The molecular formula is C16H20N2O2S. The maximum atomic E-state index is 12.2. The third kappa shape index (κ3) is 4.14. The van der Waals surface area contributed by atoms with Gasteiger partial charge in [0.05, 0.1) is 4.90 Å². The molecule has 1 unspecified atom stereocenters. The van der Waals surface area contributed by atoms with E-state index in [0.29, 0.717) is 0 Å². The molecule has 21 heavy (non-hydrogen) atoms. The first-order chi connectivity index (χ1) is 9.88. The molecule has 0 radical (unpaired) electrons. The van der Waals surface area contributed by atoms with Crippen molar-refractivity contribution in [2.75, 3.05) is 0 Å². The molecule has 1 atom stereocenters. The molecular weight excluding hydrogens is 284 g/mol. The van der Waals surface area contributed by atoms with Crippen molar-refractivity contribution in [1.29, 1.82) is 0 Å². The number of rotatable bonds is 5. The standard InChI is InChI=1S/C16H20N2O2S/c1-12-3-5-14(6-4-12)11-18-21(19,20)16-9-7-15(8-10-16)13(2)17/h3-10,13,18H,11,17H2,1-2H3. The van der Waals surface area contributed by atoms with Crippen molar-refractivity contribution < 1.29 is 8.42 Å². The largest absolute Gasteiger partial charge is 0.324 e. The van der Waals surface area contributed by atoms with E-state index in [1.165, 1.54) is 0 Å². The summed E-state index contributed by atoms with van der Waals surface area (Å²) >= 11 is 0. The topological polar surface area (TPSA) is 72.2 Å². The zero-order chi connectivity index (χ0) is 15.5. The Bertz CT molecular complexity index is 690. The monoisotopic (exact) mass is 304 g/mol. The number of benzene rings is 2. The Kier molecular flexibility index (Phi) is 4.77. The minimum atomic E-state index is -3.50. The van der Waals surface area contributed by atoms with Gasteiger partial charge in [-0.25, -0.2) is 13.1 Å². The average molecular weight is 304 g/mol. The Hall–Kier alpha value is -1.69. The Morgan fingerprint density at radius 2 is 1.62 bits per heavy atom. The third-order valence-corrected chi connectivity index (χ3v) is 4.72. The summed E-state index contributed by atoms with van der Waals surface area (Å²) in [6, 6.07) is 14.3. The Morgan fingerprint density at radius 1 is 1.05 bits per heavy atom. The fourth-order valence-corrected chi connectivity index (χ4v) is 2.94. The summed E-state index contributed by atoms with van der Waals surface area (Å²) in [4.78, 5) is 0.249. The first-order valence-corrected chi connectivity index (χ1v) is 8.27. The lowest BCUT2D eigenvalue weighted by molar-refractivity contribution is 0.581. The van der Waals surface area contributed by atoms with E-state index in [1.807, 2.05) is 38.1 Å². The van der Waals surface area contributed by atoms with E-state index < -0.39 is 10.0 Å². The number of aryl methyl sites for hydroxylation is 1. The van der Waals surface area contributed by atoms with Crippen LogP contribution >= 0.6 is 0 Å². The molecule has 0 aliphatic rings. The van der Waals surface area contributed by atoms with Gasteiger partial charge in [-0.15, -0.1) is 0 Å². The zero-order valence-electron chi connectivity index (χ0n) is 12.2. The molecule has 0 fully saturated rings. The lowest BCUT2D eigenvalue weighted by atomic mass is 10.1. The maximum Gasteiger partial charge on any atom is 0.240 e.